The average Bonchev–Trinajstić information content (AvgIpc) is 2.98. The van der Waals surface area contributed by atoms with Crippen LogP contribution in [0.2, 0.25) is 0 Å². The molecule has 0 unspecified atom stereocenters. The van der Waals surface area contributed by atoms with Crippen molar-refractivity contribution in [3.8, 4) is 11.5 Å². The summed E-state index contributed by atoms with van der Waals surface area (Å²) in [5.74, 6) is -2.33. The van der Waals surface area contributed by atoms with E-state index in [0.717, 1.165) is 31.2 Å². The number of nitrogens with one attached hydrogen (secondary N) is 3. The van der Waals surface area contributed by atoms with E-state index in [4.69, 9.17) is 9.47 Å². The molecule has 41 heavy (non-hydrogen) atoms. The molecule has 0 heterocycles. The van der Waals surface area contributed by atoms with Gasteiger partial charge in [0.2, 0.25) is 0 Å². The van der Waals surface area contributed by atoms with Crippen molar-refractivity contribution in [1.82, 2.24) is 10.7 Å². The number of ether oxygens (including phenoxy) is 2. The topological polar surface area (TPSA) is 135 Å². The maximum absolute atomic E-state index is 12.8. The first kappa shape index (κ1) is 29.0. The van der Waals surface area contributed by atoms with E-state index in [-0.39, 0.29) is 34.7 Å². The number of hydrogen-bond donors (Lipinski definition) is 3. The number of amides is 3. The molecule has 0 aromatic heterocycles. The number of hydrogen-bond acceptors (Lipinski definition) is 7. The van der Waals surface area contributed by atoms with Gasteiger partial charge < -0.3 is 20.1 Å². The number of benzene rings is 3. The van der Waals surface area contributed by atoms with Crippen LogP contribution in [0.15, 0.2) is 71.8 Å². The molecular weight excluding hydrogens is 524 g/mol. The molecule has 0 atom stereocenters. The van der Waals surface area contributed by atoms with Gasteiger partial charge in [0.25, 0.3) is 5.91 Å². The van der Waals surface area contributed by atoms with Gasteiger partial charge in [0, 0.05) is 6.04 Å². The smallest absolute Gasteiger partial charge is 0.343 e. The summed E-state index contributed by atoms with van der Waals surface area (Å²) >= 11 is 0. The Morgan fingerprint density at radius 3 is 2.34 bits per heavy atom. The maximum atomic E-state index is 12.8. The Hall–Kier alpha value is -4.99. The molecule has 0 saturated heterocycles. The fourth-order valence-electron chi connectivity index (χ4n) is 4.39. The van der Waals surface area contributed by atoms with Crippen LogP contribution < -0.4 is 25.5 Å². The number of rotatable bonds is 8. The highest BCUT2D eigenvalue weighted by atomic mass is 16.6. The molecule has 10 nitrogen and oxygen atoms in total. The van der Waals surface area contributed by atoms with Crippen LogP contribution in [0.25, 0.3) is 0 Å². The Balaban J connectivity index is 1.33. The van der Waals surface area contributed by atoms with Crippen LogP contribution in [0.3, 0.4) is 0 Å². The Morgan fingerprint density at radius 1 is 0.878 bits per heavy atom. The first-order chi connectivity index (χ1) is 19.8. The standard InChI is InChI=1S/C31H32N4O6/c1-20-12-15-22(16-13-20)31(39)41-26-17-14-21(18-27(26)40-2)19-32-35-30(38)29(37)34-25-11-7-6-10-24(25)28(36)33-23-8-4-3-5-9-23/h6-7,10-19,23H,3-5,8-9H2,1-2H3,(H,33,36)(H,34,37)(H,35,38)/b32-19+. The van der Waals surface area contributed by atoms with Gasteiger partial charge in [-0.3, -0.25) is 14.4 Å². The lowest BCUT2D eigenvalue weighted by Gasteiger charge is -2.23. The van der Waals surface area contributed by atoms with Gasteiger partial charge in [0.1, 0.15) is 0 Å². The number of aryl methyl sites for hydroxylation is 1. The molecule has 3 aromatic carbocycles. The van der Waals surface area contributed by atoms with Crippen molar-refractivity contribution in [2.45, 2.75) is 45.1 Å². The second-order valence-corrected chi connectivity index (χ2v) is 9.67. The van der Waals surface area contributed by atoms with Crippen molar-refractivity contribution in [2.75, 3.05) is 12.4 Å². The molecule has 10 heteroatoms. The van der Waals surface area contributed by atoms with Crippen molar-refractivity contribution in [3.63, 3.8) is 0 Å². The van der Waals surface area contributed by atoms with E-state index in [2.05, 4.69) is 21.2 Å². The molecule has 1 saturated carbocycles. The largest absolute Gasteiger partial charge is 0.493 e. The Morgan fingerprint density at radius 2 is 1.61 bits per heavy atom. The molecule has 1 aliphatic rings. The Labute approximate surface area is 238 Å². The summed E-state index contributed by atoms with van der Waals surface area (Å²) in [4.78, 5) is 50.1. The summed E-state index contributed by atoms with van der Waals surface area (Å²) < 4.78 is 10.8. The minimum atomic E-state index is -1.01. The summed E-state index contributed by atoms with van der Waals surface area (Å²) in [6.45, 7) is 1.92. The van der Waals surface area contributed by atoms with E-state index >= 15 is 0 Å². The van der Waals surface area contributed by atoms with Gasteiger partial charge >= 0.3 is 17.8 Å². The quantitative estimate of drug-likeness (QED) is 0.124. The monoisotopic (exact) mass is 556 g/mol. The van der Waals surface area contributed by atoms with Crippen molar-refractivity contribution in [1.29, 1.82) is 0 Å². The number of carbonyl (C=O) groups is 4. The highest BCUT2D eigenvalue weighted by molar-refractivity contribution is 6.40. The van der Waals surface area contributed by atoms with Crippen molar-refractivity contribution in [3.05, 3.63) is 89.0 Å². The van der Waals surface area contributed by atoms with Crippen LogP contribution in [0.5, 0.6) is 11.5 Å². The highest BCUT2D eigenvalue weighted by Crippen LogP contribution is 2.28. The molecule has 3 amide bonds. The van der Waals surface area contributed by atoms with E-state index in [1.54, 1.807) is 48.5 Å². The number of methoxy groups -OCH3 is 1. The molecule has 0 aliphatic heterocycles. The Bertz CT molecular complexity index is 1450. The van der Waals surface area contributed by atoms with Crippen LogP contribution in [0, 0.1) is 6.92 Å². The number of carbonyl (C=O) groups excluding carboxylic acids is 4. The van der Waals surface area contributed by atoms with Crippen LogP contribution in [-0.4, -0.2) is 43.1 Å². The lowest BCUT2D eigenvalue weighted by molar-refractivity contribution is -0.136. The molecule has 3 aromatic rings. The molecule has 1 fully saturated rings. The fraction of sp³-hybridized carbons (Fsp3) is 0.258. The minimum absolute atomic E-state index is 0.102. The predicted molar refractivity (Wildman–Crippen MR) is 154 cm³/mol. The first-order valence-electron chi connectivity index (χ1n) is 13.3. The lowest BCUT2D eigenvalue weighted by Crippen LogP contribution is -2.37. The second kappa shape index (κ2) is 13.9. The van der Waals surface area contributed by atoms with Crippen LogP contribution in [0.1, 0.15) is 63.9 Å². The SMILES string of the molecule is COc1cc(/C=N/NC(=O)C(=O)Nc2ccccc2C(=O)NC2CCCCC2)ccc1OC(=O)c1ccc(C)cc1. The molecule has 4 rings (SSSR count). The van der Waals surface area contributed by atoms with Gasteiger partial charge in [0.05, 0.1) is 30.1 Å². The zero-order valence-electron chi connectivity index (χ0n) is 22.9. The third-order valence-corrected chi connectivity index (χ3v) is 6.62. The third kappa shape index (κ3) is 8.01. The zero-order chi connectivity index (χ0) is 29.2. The van der Waals surface area contributed by atoms with Gasteiger partial charge in [0.15, 0.2) is 11.5 Å². The van der Waals surface area contributed by atoms with E-state index in [9.17, 15) is 19.2 Å². The second-order valence-electron chi connectivity index (χ2n) is 9.67. The average molecular weight is 557 g/mol. The van der Waals surface area contributed by atoms with E-state index in [0.29, 0.717) is 11.1 Å². The van der Waals surface area contributed by atoms with Crippen LogP contribution in [-0.2, 0) is 9.59 Å². The van der Waals surface area contributed by atoms with Crippen molar-refractivity contribution < 1.29 is 28.7 Å². The van der Waals surface area contributed by atoms with Crippen LogP contribution in [0.4, 0.5) is 5.69 Å². The molecule has 0 spiro atoms. The van der Waals surface area contributed by atoms with Gasteiger partial charge in [-0.1, -0.05) is 49.1 Å². The van der Waals surface area contributed by atoms with Gasteiger partial charge in [-0.15, -0.1) is 0 Å². The third-order valence-electron chi connectivity index (χ3n) is 6.62. The Kier molecular flexibility index (Phi) is 9.82. The summed E-state index contributed by atoms with van der Waals surface area (Å²) in [5, 5.41) is 9.33. The first-order valence-corrected chi connectivity index (χ1v) is 13.3. The predicted octanol–water partition coefficient (Wildman–Crippen LogP) is 4.37. The van der Waals surface area contributed by atoms with Gasteiger partial charge in [-0.2, -0.15) is 5.10 Å². The summed E-state index contributed by atoms with van der Waals surface area (Å²) in [6.07, 6.45) is 6.47. The summed E-state index contributed by atoms with van der Waals surface area (Å²) in [5.41, 5.74) is 4.61. The van der Waals surface area contributed by atoms with E-state index in [1.165, 1.54) is 25.8 Å². The number of esters is 1. The molecule has 3 N–H and O–H groups in total. The van der Waals surface area contributed by atoms with Gasteiger partial charge in [-0.05, 0) is 67.8 Å². The number of anilines is 1. The summed E-state index contributed by atoms with van der Waals surface area (Å²) in [7, 11) is 1.43. The number of hydrazone groups is 1. The molecule has 0 radical (unpaired) electrons. The fourth-order valence-corrected chi connectivity index (χ4v) is 4.39. The summed E-state index contributed by atoms with van der Waals surface area (Å²) in [6, 6.07) is 18.3. The lowest BCUT2D eigenvalue weighted by atomic mass is 9.95. The van der Waals surface area contributed by atoms with Crippen molar-refractivity contribution >= 4 is 35.6 Å². The van der Waals surface area contributed by atoms with Crippen LogP contribution >= 0.6 is 0 Å². The molecule has 1 aliphatic carbocycles. The molecule has 212 valence electrons. The molecular formula is C31H32N4O6. The highest BCUT2D eigenvalue weighted by Gasteiger charge is 2.21. The number of para-hydroxylation sites is 1. The maximum Gasteiger partial charge on any atom is 0.343 e. The van der Waals surface area contributed by atoms with E-state index < -0.39 is 17.8 Å². The van der Waals surface area contributed by atoms with Gasteiger partial charge in [-0.25, -0.2) is 10.2 Å². The normalized spacial score (nSPS) is 13.3. The number of nitrogens with zero attached hydrogens (tertiary/aromatic N) is 1. The molecule has 0 bridgehead atoms. The minimum Gasteiger partial charge on any atom is -0.493 e. The van der Waals surface area contributed by atoms with Crippen molar-refractivity contribution in [2.24, 2.45) is 5.10 Å². The van der Waals surface area contributed by atoms with E-state index in [1.807, 2.05) is 19.1 Å². The zero-order valence-corrected chi connectivity index (χ0v) is 22.9.